The first-order valence-corrected chi connectivity index (χ1v) is 7.06. The lowest BCUT2D eigenvalue weighted by atomic mass is 10.2. The first kappa shape index (κ1) is 14.2. The van der Waals surface area contributed by atoms with Gasteiger partial charge in [-0.25, -0.2) is 0 Å². The summed E-state index contributed by atoms with van der Waals surface area (Å²) in [4.78, 5) is 1.41. The number of tetrazole rings is 1. The summed E-state index contributed by atoms with van der Waals surface area (Å²) >= 11 is 0. The topological polar surface area (TPSA) is 63.8 Å². The predicted octanol–water partition coefficient (Wildman–Crippen LogP) is 2.41. The van der Waals surface area contributed by atoms with E-state index in [2.05, 4.69) is 15.4 Å². The smallest absolute Gasteiger partial charge is 0.204 e. The molecule has 22 heavy (non-hydrogen) atoms. The number of hydrogen-bond acceptors (Lipinski definition) is 4. The molecule has 3 aromatic rings. The minimum absolute atomic E-state index is 0.267. The normalized spacial score (nSPS) is 12.6. The van der Waals surface area contributed by atoms with Crippen molar-refractivity contribution in [2.24, 2.45) is 0 Å². The zero-order chi connectivity index (χ0) is 15.2. The van der Waals surface area contributed by atoms with Crippen LogP contribution in [0.25, 0.3) is 17.5 Å². The lowest BCUT2D eigenvalue weighted by molar-refractivity contribution is 0.188. The van der Waals surface area contributed by atoms with E-state index in [1.54, 1.807) is 6.08 Å². The van der Waals surface area contributed by atoms with Gasteiger partial charge in [-0.15, -0.1) is 10.2 Å². The zero-order valence-electron chi connectivity index (χ0n) is 11.9. The first-order valence-electron chi connectivity index (χ1n) is 7.06. The van der Waals surface area contributed by atoms with E-state index in [4.69, 9.17) is 0 Å². The third kappa shape index (κ3) is 3.65. The van der Waals surface area contributed by atoms with Crippen LogP contribution in [0.15, 0.2) is 66.7 Å². The second-order valence-electron chi connectivity index (χ2n) is 4.87. The van der Waals surface area contributed by atoms with Gasteiger partial charge in [0.15, 0.2) is 0 Å². The van der Waals surface area contributed by atoms with Crippen molar-refractivity contribution < 1.29 is 5.11 Å². The Bertz CT molecular complexity index is 738. The van der Waals surface area contributed by atoms with Gasteiger partial charge < -0.3 is 5.11 Å². The van der Waals surface area contributed by atoms with Gasteiger partial charge in [-0.1, -0.05) is 72.8 Å². The summed E-state index contributed by atoms with van der Waals surface area (Å²) < 4.78 is 0. The summed E-state index contributed by atoms with van der Waals surface area (Å²) in [5, 5.41) is 22.3. The van der Waals surface area contributed by atoms with Crippen molar-refractivity contribution >= 4 is 6.08 Å². The van der Waals surface area contributed by atoms with Gasteiger partial charge in [0.2, 0.25) is 5.82 Å². The van der Waals surface area contributed by atoms with Crippen molar-refractivity contribution in [1.29, 1.82) is 0 Å². The molecule has 1 heterocycles. The average molecular weight is 292 g/mol. The molecule has 0 fully saturated rings. The molecule has 0 aliphatic carbocycles. The molecule has 0 saturated heterocycles. The fourth-order valence-electron chi connectivity index (χ4n) is 2.04. The summed E-state index contributed by atoms with van der Waals surface area (Å²) in [5.74, 6) is 0.555. The molecule has 3 rings (SSSR count). The third-order valence-electron chi connectivity index (χ3n) is 3.15. The molecule has 2 aromatic carbocycles. The van der Waals surface area contributed by atoms with Crippen LogP contribution < -0.4 is 0 Å². The van der Waals surface area contributed by atoms with Gasteiger partial charge >= 0.3 is 0 Å². The van der Waals surface area contributed by atoms with E-state index in [9.17, 15) is 5.11 Å². The minimum Gasteiger partial charge on any atom is -0.387 e. The van der Waals surface area contributed by atoms with Crippen LogP contribution in [0, 0.1) is 0 Å². The van der Waals surface area contributed by atoms with Gasteiger partial charge in [-0.2, -0.15) is 4.80 Å². The molecular weight excluding hydrogens is 276 g/mol. The Hall–Kier alpha value is -2.79. The van der Waals surface area contributed by atoms with Crippen LogP contribution >= 0.6 is 0 Å². The molecular formula is C17H16N4O. The highest BCUT2D eigenvalue weighted by Gasteiger charge is 2.07. The average Bonchev–Trinajstić information content (AvgIpc) is 3.03. The fourth-order valence-corrected chi connectivity index (χ4v) is 2.04. The fraction of sp³-hybridized carbons (Fsp3) is 0.118. The molecule has 0 aliphatic heterocycles. The third-order valence-corrected chi connectivity index (χ3v) is 3.15. The van der Waals surface area contributed by atoms with E-state index in [1.165, 1.54) is 4.80 Å². The van der Waals surface area contributed by atoms with Crippen molar-refractivity contribution in [2.45, 2.75) is 12.6 Å². The number of aromatic nitrogens is 4. The molecule has 0 saturated carbocycles. The molecule has 1 aromatic heterocycles. The van der Waals surface area contributed by atoms with E-state index in [0.717, 1.165) is 11.1 Å². The van der Waals surface area contributed by atoms with Crippen LogP contribution in [0.3, 0.4) is 0 Å². The van der Waals surface area contributed by atoms with E-state index < -0.39 is 6.10 Å². The van der Waals surface area contributed by atoms with Crippen molar-refractivity contribution in [3.63, 3.8) is 0 Å². The molecule has 5 heteroatoms. The number of aliphatic hydroxyl groups excluding tert-OH is 1. The number of hydrogen-bond donors (Lipinski definition) is 1. The van der Waals surface area contributed by atoms with Crippen LogP contribution in [0.5, 0.6) is 0 Å². The molecule has 1 unspecified atom stereocenters. The monoisotopic (exact) mass is 292 g/mol. The van der Waals surface area contributed by atoms with Crippen molar-refractivity contribution in [3.05, 3.63) is 72.3 Å². The van der Waals surface area contributed by atoms with E-state index in [0.29, 0.717) is 5.82 Å². The molecule has 0 bridgehead atoms. The molecule has 110 valence electrons. The summed E-state index contributed by atoms with van der Waals surface area (Å²) in [7, 11) is 0. The quantitative estimate of drug-likeness (QED) is 0.784. The molecule has 0 radical (unpaired) electrons. The van der Waals surface area contributed by atoms with Crippen molar-refractivity contribution in [3.8, 4) is 11.4 Å². The van der Waals surface area contributed by atoms with E-state index in [-0.39, 0.29) is 6.54 Å². The van der Waals surface area contributed by atoms with Crippen LogP contribution in [0.4, 0.5) is 0 Å². The number of aliphatic hydroxyl groups is 1. The standard InChI is InChI=1S/C17H16N4O/c22-16(12-11-14-7-3-1-4-8-14)13-21-19-17(18-20-21)15-9-5-2-6-10-15/h1-12,16,22H,13H2/b12-11+. The molecule has 0 aliphatic rings. The largest absolute Gasteiger partial charge is 0.387 e. The molecule has 5 nitrogen and oxygen atoms in total. The molecule has 0 amide bonds. The molecule has 1 atom stereocenters. The minimum atomic E-state index is -0.668. The summed E-state index contributed by atoms with van der Waals surface area (Å²) in [6.07, 6.45) is 2.93. The Morgan fingerprint density at radius 3 is 2.41 bits per heavy atom. The highest BCUT2D eigenvalue weighted by atomic mass is 16.3. The summed E-state index contributed by atoms with van der Waals surface area (Å²) in [6.45, 7) is 0.267. The summed E-state index contributed by atoms with van der Waals surface area (Å²) in [5.41, 5.74) is 1.95. The van der Waals surface area contributed by atoms with Gasteiger partial charge in [0.25, 0.3) is 0 Å². The Labute approximate surface area is 128 Å². The van der Waals surface area contributed by atoms with Crippen LogP contribution in [-0.4, -0.2) is 31.4 Å². The lowest BCUT2D eigenvalue weighted by Gasteiger charge is -2.03. The van der Waals surface area contributed by atoms with E-state index >= 15 is 0 Å². The highest BCUT2D eigenvalue weighted by Crippen LogP contribution is 2.12. The van der Waals surface area contributed by atoms with Gasteiger partial charge in [0.1, 0.15) is 0 Å². The molecule has 1 N–H and O–H groups in total. The maximum Gasteiger partial charge on any atom is 0.204 e. The Balaban J connectivity index is 1.64. The number of nitrogens with zero attached hydrogens (tertiary/aromatic N) is 4. The Kier molecular flexibility index (Phi) is 4.36. The van der Waals surface area contributed by atoms with Crippen LogP contribution in [0.2, 0.25) is 0 Å². The van der Waals surface area contributed by atoms with Crippen molar-refractivity contribution in [2.75, 3.05) is 0 Å². The SMILES string of the molecule is OC(/C=C/c1ccccc1)Cn1nnc(-c2ccccc2)n1. The number of rotatable bonds is 5. The lowest BCUT2D eigenvalue weighted by Crippen LogP contribution is -2.15. The maximum atomic E-state index is 10.0. The van der Waals surface area contributed by atoms with Gasteiger partial charge in [-0.05, 0) is 10.8 Å². The Morgan fingerprint density at radius 1 is 1.00 bits per heavy atom. The molecule has 0 spiro atoms. The predicted molar refractivity (Wildman–Crippen MR) is 84.7 cm³/mol. The van der Waals surface area contributed by atoms with Crippen LogP contribution in [-0.2, 0) is 6.54 Å². The van der Waals surface area contributed by atoms with Gasteiger partial charge in [0.05, 0.1) is 12.6 Å². The zero-order valence-corrected chi connectivity index (χ0v) is 11.9. The van der Waals surface area contributed by atoms with Crippen LogP contribution in [0.1, 0.15) is 5.56 Å². The summed E-state index contributed by atoms with van der Waals surface area (Å²) in [6, 6.07) is 19.5. The highest BCUT2D eigenvalue weighted by molar-refractivity contribution is 5.53. The van der Waals surface area contributed by atoms with Gasteiger partial charge in [-0.3, -0.25) is 0 Å². The van der Waals surface area contributed by atoms with Gasteiger partial charge in [0, 0.05) is 5.56 Å². The first-order chi connectivity index (χ1) is 10.8. The second-order valence-corrected chi connectivity index (χ2v) is 4.87. The van der Waals surface area contributed by atoms with E-state index in [1.807, 2.05) is 66.7 Å². The Morgan fingerprint density at radius 2 is 1.68 bits per heavy atom. The second kappa shape index (κ2) is 6.78. The van der Waals surface area contributed by atoms with Crippen molar-refractivity contribution in [1.82, 2.24) is 20.2 Å². The number of benzene rings is 2. The maximum absolute atomic E-state index is 10.0.